The van der Waals surface area contributed by atoms with Crippen molar-refractivity contribution in [2.45, 2.75) is 13.8 Å². The Kier molecular flexibility index (Phi) is 12.3. The summed E-state index contributed by atoms with van der Waals surface area (Å²) in [6.45, 7) is 3.74. The second-order valence-electron chi connectivity index (χ2n) is 14.9. The van der Waals surface area contributed by atoms with Crippen LogP contribution < -0.4 is 4.90 Å². The Morgan fingerprint density at radius 2 is 0.934 bits per heavy atom. The number of aryl methyl sites for hydroxylation is 2. The van der Waals surface area contributed by atoms with Crippen LogP contribution in [0.4, 0.5) is 17.1 Å². The molecule has 0 bridgehead atoms. The molecule has 0 aromatic heterocycles. The van der Waals surface area contributed by atoms with Gasteiger partial charge in [0.05, 0.1) is 4.91 Å². The minimum Gasteiger partial charge on any atom is -0.480 e. The molecule has 1 amide bonds. The molecule has 0 aliphatic carbocycles. The number of carbonyl (C=O) groups is 2. The fourth-order valence-electron chi connectivity index (χ4n) is 7.23. The Morgan fingerprint density at radius 3 is 1.33 bits per heavy atom. The number of anilines is 3. The molecular formula is C54H42N2O3S2. The molecule has 1 aliphatic heterocycles. The Bertz CT molecular complexity index is 2640. The van der Waals surface area contributed by atoms with Crippen LogP contribution in [0.1, 0.15) is 50.1 Å². The predicted octanol–water partition coefficient (Wildman–Crippen LogP) is 13.2. The Labute approximate surface area is 366 Å². The van der Waals surface area contributed by atoms with Crippen LogP contribution in [0.15, 0.2) is 187 Å². The Morgan fingerprint density at radius 1 is 0.557 bits per heavy atom. The zero-order chi connectivity index (χ0) is 42.3. The standard InChI is InChI=1S/C54H42N2O3S2/c1-37-13-23-44(24-14-37)49(42-9-5-3-6-10-42)33-39-17-27-46(28-18-39)56(48-31-21-41(22-32-48)35-51-53(59)55(36-52(57)58)54(60)61-51)47-29-19-40(20-30-47)34-50(43-11-7-4-8-12-43)45-25-15-38(2)16-26-45/h3-35H,36H2,1-2H3,(H,57,58)/b49-33+,50-34+,51-35-. The molecule has 7 aromatic rings. The van der Waals surface area contributed by atoms with E-state index in [1.165, 1.54) is 11.1 Å². The summed E-state index contributed by atoms with van der Waals surface area (Å²) in [6.07, 6.45) is 6.23. The van der Waals surface area contributed by atoms with Crippen LogP contribution in [0.3, 0.4) is 0 Å². The molecule has 0 saturated carbocycles. The molecule has 61 heavy (non-hydrogen) atoms. The van der Waals surface area contributed by atoms with Crippen LogP contribution in [0, 0.1) is 13.8 Å². The average molecular weight is 831 g/mol. The number of thioether (sulfide) groups is 1. The van der Waals surface area contributed by atoms with Gasteiger partial charge in [0, 0.05) is 17.1 Å². The van der Waals surface area contributed by atoms with Crippen LogP contribution in [0.5, 0.6) is 0 Å². The van der Waals surface area contributed by atoms with E-state index in [0.29, 0.717) is 4.91 Å². The first-order chi connectivity index (χ1) is 29.7. The van der Waals surface area contributed by atoms with Crippen molar-refractivity contribution >= 4 is 86.6 Å². The van der Waals surface area contributed by atoms with E-state index in [-0.39, 0.29) is 4.32 Å². The van der Waals surface area contributed by atoms with E-state index in [0.717, 1.165) is 83.8 Å². The zero-order valence-electron chi connectivity index (χ0n) is 33.7. The number of benzene rings is 7. The lowest BCUT2D eigenvalue weighted by atomic mass is 9.95. The molecular weight excluding hydrogens is 789 g/mol. The minimum atomic E-state index is -1.11. The third kappa shape index (κ3) is 9.71. The molecule has 0 radical (unpaired) electrons. The highest BCUT2D eigenvalue weighted by molar-refractivity contribution is 8.26. The van der Waals surface area contributed by atoms with Gasteiger partial charge in [-0.05, 0) is 119 Å². The molecule has 0 spiro atoms. The molecule has 1 saturated heterocycles. The lowest BCUT2D eigenvalue weighted by molar-refractivity contribution is -0.140. The summed E-state index contributed by atoms with van der Waals surface area (Å²) in [5, 5.41) is 9.28. The van der Waals surface area contributed by atoms with E-state index in [4.69, 9.17) is 12.2 Å². The normalized spacial score (nSPS) is 13.8. The van der Waals surface area contributed by atoms with Crippen LogP contribution in [0.25, 0.3) is 29.4 Å². The Hall–Kier alpha value is -7.06. The van der Waals surface area contributed by atoms with Crippen molar-refractivity contribution in [2.75, 3.05) is 11.4 Å². The number of amides is 1. The highest BCUT2D eigenvalue weighted by Crippen LogP contribution is 2.38. The second-order valence-corrected chi connectivity index (χ2v) is 16.5. The topological polar surface area (TPSA) is 60.9 Å². The highest BCUT2D eigenvalue weighted by Gasteiger charge is 2.33. The summed E-state index contributed by atoms with van der Waals surface area (Å²) >= 11 is 6.43. The lowest BCUT2D eigenvalue weighted by Crippen LogP contribution is -2.33. The third-order valence-corrected chi connectivity index (χ3v) is 11.8. The smallest absolute Gasteiger partial charge is 0.323 e. The van der Waals surface area contributed by atoms with Gasteiger partial charge in [-0.2, -0.15) is 0 Å². The number of carbonyl (C=O) groups excluding carboxylic acids is 1. The van der Waals surface area contributed by atoms with Gasteiger partial charge in [-0.25, -0.2) is 0 Å². The fourth-order valence-corrected chi connectivity index (χ4v) is 8.49. The first kappa shape index (κ1) is 40.7. The molecule has 1 aliphatic rings. The van der Waals surface area contributed by atoms with Gasteiger partial charge in [0.25, 0.3) is 5.91 Å². The van der Waals surface area contributed by atoms with Crippen molar-refractivity contribution in [1.29, 1.82) is 0 Å². The average Bonchev–Trinajstić information content (AvgIpc) is 3.54. The highest BCUT2D eigenvalue weighted by atomic mass is 32.2. The summed E-state index contributed by atoms with van der Waals surface area (Å²) < 4.78 is 0.238. The number of carboxylic acids is 1. The Balaban J connectivity index is 1.16. The number of thiocarbonyl (C=S) groups is 1. The van der Waals surface area contributed by atoms with Gasteiger partial charge in [0.1, 0.15) is 10.9 Å². The summed E-state index contributed by atoms with van der Waals surface area (Å²) in [7, 11) is 0. The molecule has 298 valence electrons. The van der Waals surface area contributed by atoms with Crippen LogP contribution >= 0.6 is 24.0 Å². The maximum absolute atomic E-state index is 13.0. The number of nitrogens with zero attached hydrogens (tertiary/aromatic N) is 2. The summed E-state index contributed by atoms with van der Waals surface area (Å²) in [6, 6.07) is 63.4. The molecule has 7 aromatic carbocycles. The lowest BCUT2D eigenvalue weighted by Gasteiger charge is -2.26. The molecule has 0 atom stereocenters. The predicted molar refractivity (Wildman–Crippen MR) is 258 cm³/mol. The first-order valence-electron chi connectivity index (χ1n) is 19.9. The SMILES string of the molecule is Cc1ccc(/C(=C/c2ccc(N(c3ccc(/C=C4\SC(=S)N(CC(=O)O)C4=O)cc3)c3ccc(/C=C(\c4ccccc4)c4ccc(C)cc4)cc3)cc2)c2ccccc2)cc1. The molecule has 7 heteroatoms. The molecule has 8 rings (SSSR count). The number of hydrogen-bond acceptors (Lipinski definition) is 5. The maximum atomic E-state index is 13.0. The summed E-state index contributed by atoms with van der Waals surface area (Å²) in [5.74, 6) is -1.51. The van der Waals surface area contributed by atoms with Crippen molar-refractivity contribution in [2.24, 2.45) is 0 Å². The van der Waals surface area contributed by atoms with E-state index in [2.05, 4.69) is 176 Å². The van der Waals surface area contributed by atoms with Gasteiger partial charge in [0.2, 0.25) is 0 Å². The number of carboxylic acid groups (broad SMARTS) is 1. The van der Waals surface area contributed by atoms with E-state index < -0.39 is 18.4 Å². The van der Waals surface area contributed by atoms with Crippen molar-refractivity contribution < 1.29 is 14.7 Å². The van der Waals surface area contributed by atoms with Crippen LogP contribution in [-0.4, -0.2) is 32.7 Å². The van der Waals surface area contributed by atoms with Crippen LogP contribution in [0.2, 0.25) is 0 Å². The summed E-state index contributed by atoms with van der Waals surface area (Å²) in [4.78, 5) is 28.1. The van der Waals surface area contributed by atoms with E-state index in [1.807, 2.05) is 36.4 Å². The number of rotatable bonds is 12. The third-order valence-electron chi connectivity index (χ3n) is 10.4. The molecule has 1 fully saturated rings. The van der Waals surface area contributed by atoms with Crippen molar-refractivity contribution in [1.82, 2.24) is 4.90 Å². The zero-order valence-corrected chi connectivity index (χ0v) is 35.4. The van der Waals surface area contributed by atoms with E-state index in [1.54, 1.807) is 6.08 Å². The van der Waals surface area contributed by atoms with Gasteiger partial charge in [0.15, 0.2) is 0 Å². The van der Waals surface area contributed by atoms with Crippen LogP contribution in [-0.2, 0) is 9.59 Å². The van der Waals surface area contributed by atoms with Gasteiger partial charge in [-0.15, -0.1) is 0 Å². The molecule has 5 nitrogen and oxygen atoms in total. The van der Waals surface area contributed by atoms with Gasteiger partial charge >= 0.3 is 5.97 Å². The van der Waals surface area contributed by atoms with Crippen molar-refractivity contribution in [3.8, 4) is 0 Å². The maximum Gasteiger partial charge on any atom is 0.323 e. The molecule has 0 unspecified atom stereocenters. The van der Waals surface area contributed by atoms with E-state index in [9.17, 15) is 14.7 Å². The number of aliphatic carboxylic acids is 1. The molecule has 1 heterocycles. The second kappa shape index (κ2) is 18.5. The van der Waals surface area contributed by atoms with Crippen molar-refractivity contribution in [3.63, 3.8) is 0 Å². The first-order valence-corrected chi connectivity index (χ1v) is 21.2. The molecule has 1 N–H and O–H groups in total. The quantitative estimate of drug-likeness (QED) is 0.0752. The van der Waals surface area contributed by atoms with Gasteiger partial charge in [-0.1, -0.05) is 181 Å². The monoisotopic (exact) mass is 830 g/mol. The largest absolute Gasteiger partial charge is 0.480 e. The minimum absolute atomic E-state index is 0.238. The van der Waals surface area contributed by atoms with Gasteiger partial charge in [-0.3, -0.25) is 14.5 Å². The van der Waals surface area contributed by atoms with E-state index >= 15 is 0 Å². The summed E-state index contributed by atoms with van der Waals surface area (Å²) in [5.41, 5.74) is 15.1. The fraction of sp³-hybridized carbons (Fsp3) is 0.0556. The number of hydrogen-bond donors (Lipinski definition) is 1. The van der Waals surface area contributed by atoms with Crippen molar-refractivity contribution in [3.05, 3.63) is 237 Å². The van der Waals surface area contributed by atoms with Gasteiger partial charge < -0.3 is 10.0 Å².